The Hall–Kier alpha value is -1.00. The Morgan fingerprint density at radius 3 is 2.71 bits per heavy atom. The molecule has 2 aromatic rings. The molecule has 0 bridgehead atoms. The summed E-state index contributed by atoms with van der Waals surface area (Å²) in [4.78, 5) is 0. The molecule has 0 aromatic carbocycles. The van der Waals surface area contributed by atoms with Gasteiger partial charge in [0.15, 0.2) is 0 Å². The predicted octanol–water partition coefficient (Wildman–Crippen LogP) is 3.09. The monoisotopic (exact) mass is 272 g/mol. The van der Waals surface area contributed by atoms with E-state index in [-0.39, 0.29) is 0 Å². The fraction of sp³-hybridized carbons (Fsp3) is 0.455. The van der Waals surface area contributed by atoms with Crippen molar-refractivity contribution in [2.45, 2.75) is 25.8 Å². The van der Waals surface area contributed by atoms with E-state index in [1.165, 1.54) is 0 Å². The maximum atomic E-state index is 6.26. The van der Waals surface area contributed by atoms with E-state index in [0.29, 0.717) is 11.0 Å². The molecule has 6 heteroatoms. The molecule has 2 rings (SSSR count). The van der Waals surface area contributed by atoms with Gasteiger partial charge in [0.2, 0.25) is 0 Å². The number of rotatable bonds is 4. The van der Waals surface area contributed by atoms with Crippen LogP contribution in [0.1, 0.15) is 18.9 Å². The van der Waals surface area contributed by atoms with E-state index < -0.39 is 0 Å². The van der Waals surface area contributed by atoms with E-state index in [0.717, 1.165) is 29.9 Å². The molecule has 0 aliphatic rings. The molecule has 2 aromatic heterocycles. The van der Waals surface area contributed by atoms with Crippen LogP contribution in [0.5, 0.6) is 0 Å². The zero-order chi connectivity index (χ0) is 12.4. The van der Waals surface area contributed by atoms with Crippen LogP contribution in [0.4, 0.5) is 0 Å². The van der Waals surface area contributed by atoms with E-state index in [1.807, 2.05) is 13.1 Å². The number of alkyl halides is 1. The summed E-state index contributed by atoms with van der Waals surface area (Å²) in [7, 11) is 1.88. The average Bonchev–Trinajstić information content (AvgIpc) is 2.84. The summed E-state index contributed by atoms with van der Waals surface area (Å²) in [6, 6.07) is 1.91. The van der Waals surface area contributed by atoms with Crippen molar-refractivity contribution in [1.29, 1.82) is 0 Å². The summed E-state index contributed by atoms with van der Waals surface area (Å²) in [5.41, 5.74) is 2.61. The van der Waals surface area contributed by atoms with Gasteiger partial charge in [0.05, 0.1) is 11.6 Å². The normalized spacial score (nSPS) is 11.1. The third-order valence-corrected chi connectivity index (χ3v) is 3.31. The molecule has 0 saturated carbocycles. The topological polar surface area (TPSA) is 35.6 Å². The molecule has 0 unspecified atom stereocenters. The SMILES string of the molecule is CCCn1nc(-c2ccnn2C)c(CCl)c1Cl. The van der Waals surface area contributed by atoms with Crippen LogP contribution in [-0.4, -0.2) is 19.6 Å². The second-order valence-electron chi connectivity index (χ2n) is 3.81. The van der Waals surface area contributed by atoms with Crippen LogP contribution in [0.25, 0.3) is 11.4 Å². The summed E-state index contributed by atoms with van der Waals surface area (Å²) < 4.78 is 3.56. The molecule has 0 amide bonds. The fourth-order valence-electron chi connectivity index (χ4n) is 1.77. The van der Waals surface area contributed by atoms with Crippen molar-refractivity contribution in [3.63, 3.8) is 0 Å². The number of halogens is 2. The average molecular weight is 273 g/mol. The maximum absolute atomic E-state index is 6.26. The van der Waals surface area contributed by atoms with E-state index in [1.54, 1.807) is 15.6 Å². The number of nitrogens with zero attached hydrogens (tertiary/aromatic N) is 4. The van der Waals surface area contributed by atoms with Crippen LogP contribution in [0, 0.1) is 0 Å². The highest BCUT2D eigenvalue weighted by molar-refractivity contribution is 6.31. The van der Waals surface area contributed by atoms with Gasteiger partial charge in [-0.05, 0) is 12.5 Å². The third-order valence-electron chi connectivity index (χ3n) is 2.61. The predicted molar refractivity (Wildman–Crippen MR) is 69.3 cm³/mol. The largest absolute Gasteiger partial charge is 0.266 e. The number of aromatic nitrogens is 4. The van der Waals surface area contributed by atoms with Gasteiger partial charge in [-0.1, -0.05) is 18.5 Å². The van der Waals surface area contributed by atoms with Crippen LogP contribution in [-0.2, 0) is 19.5 Å². The van der Waals surface area contributed by atoms with Crippen molar-refractivity contribution in [2.75, 3.05) is 0 Å². The lowest BCUT2D eigenvalue weighted by molar-refractivity contribution is 0.603. The van der Waals surface area contributed by atoms with E-state index in [9.17, 15) is 0 Å². The van der Waals surface area contributed by atoms with Gasteiger partial charge in [-0.2, -0.15) is 10.2 Å². The quantitative estimate of drug-likeness (QED) is 0.802. The van der Waals surface area contributed by atoms with Crippen molar-refractivity contribution in [3.05, 3.63) is 23.0 Å². The zero-order valence-corrected chi connectivity index (χ0v) is 11.3. The Morgan fingerprint density at radius 1 is 1.41 bits per heavy atom. The molecule has 0 aliphatic carbocycles. The number of hydrogen-bond acceptors (Lipinski definition) is 2. The van der Waals surface area contributed by atoms with E-state index in [4.69, 9.17) is 23.2 Å². The molecule has 0 aliphatic heterocycles. The van der Waals surface area contributed by atoms with Crippen LogP contribution < -0.4 is 0 Å². The van der Waals surface area contributed by atoms with Gasteiger partial charge in [-0.15, -0.1) is 11.6 Å². The number of hydrogen-bond donors (Lipinski definition) is 0. The highest BCUT2D eigenvalue weighted by atomic mass is 35.5. The summed E-state index contributed by atoms with van der Waals surface area (Å²) in [5.74, 6) is 0.350. The fourth-order valence-corrected chi connectivity index (χ4v) is 2.37. The molecule has 0 N–H and O–H groups in total. The first kappa shape index (κ1) is 12.5. The molecule has 2 heterocycles. The Bertz CT molecular complexity index is 516. The molecule has 0 spiro atoms. The van der Waals surface area contributed by atoms with Gasteiger partial charge in [0.1, 0.15) is 10.8 Å². The third kappa shape index (κ3) is 2.19. The highest BCUT2D eigenvalue weighted by Gasteiger charge is 2.18. The molecule has 0 atom stereocenters. The van der Waals surface area contributed by atoms with Crippen LogP contribution in [0.15, 0.2) is 12.3 Å². The lowest BCUT2D eigenvalue weighted by atomic mass is 10.2. The summed E-state index contributed by atoms with van der Waals surface area (Å²) >= 11 is 12.2. The first-order valence-corrected chi connectivity index (χ1v) is 6.39. The van der Waals surface area contributed by atoms with Gasteiger partial charge >= 0.3 is 0 Å². The van der Waals surface area contributed by atoms with Crippen LogP contribution >= 0.6 is 23.2 Å². The molecular weight excluding hydrogens is 259 g/mol. The Labute approximate surface area is 110 Å². The molecule has 0 fully saturated rings. The van der Waals surface area contributed by atoms with Gasteiger partial charge in [-0.3, -0.25) is 9.36 Å². The van der Waals surface area contributed by atoms with Crippen LogP contribution in [0.3, 0.4) is 0 Å². The van der Waals surface area contributed by atoms with Crippen LogP contribution in [0.2, 0.25) is 5.15 Å². The minimum atomic E-state index is 0.350. The Kier molecular flexibility index (Phi) is 3.74. The lowest BCUT2D eigenvalue weighted by Gasteiger charge is -1.99. The highest BCUT2D eigenvalue weighted by Crippen LogP contribution is 2.29. The second kappa shape index (κ2) is 5.10. The smallest absolute Gasteiger partial charge is 0.132 e. The van der Waals surface area contributed by atoms with Crippen molar-refractivity contribution >= 4 is 23.2 Å². The second-order valence-corrected chi connectivity index (χ2v) is 4.44. The zero-order valence-electron chi connectivity index (χ0n) is 9.82. The van der Waals surface area contributed by atoms with Crippen molar-refractivity contribution in [1.82, 2.24) is 19.6 Å². The lowest BCUT2D eigenvalue weighted by Crippen LogP contribution is -2.00. The first-order valence-electron chi connectivity index (χ1n) is 5.48. The van der Waals surface area contributed by atoms with Gasteiger partial charge < -0.3 is 0 Å². The Morgan fingerprint density at radius 2 is 2.18 bits per heavy atom. The van der Waals surface area contributed by atoms with Gasteiger partial charge in [-0.25, -0.2) is 0 Å². The van der Waals surface area contributed by atoms with E-state index in [2.05, 4.69) is 17.1 Å². The number of aryl methyl sites for hydroxylation is 2. The molecular formula is C11H14Cl2N4. The standard InChI is InChI=1S/C11H14Cl2N4/c1-3-6-17-11(13)8(7-12)10(15-17)9-4-5-14-16(9)2/h4-5H,3,6-7H2,1-2H3. The first-order chi connectivity index (χ1) is 8.19. The molecule has 4 nitrogen and oxygen atoms in total. The molecule has 0 saturated heterocycles. The summed E-state index contributed by atoms with van der Waals surface area (Å²) in [6.07, 6.45) is 2.72. The molecule has 92 valence electrons. The summed E-state index contributed by atoms with van der Waals surface area (Å²) in [6.45, 7) is 2.88. The van der Waals surface area contributed by atoms with Crippen molar-refractivity contribution < 1.29 is 0 Å². The molecule has 17 heavy (non-hydrogen) atoms. The minimum absolute atomic E-state index is 0.350. The maximum Gasteiger partial charge on any atom is 0.132 e. The van der Waals surface area contributed by atoms with Crippen molar-refractivity contribution in [3.8, 4) is 11.4 Å². The molecule has 0 radical (unpaired) electrons. The van der Waals surface area contributed by atoms with E-state index >= 15 is 0 Å². The minimum Gasteiger partial charge on any atom is -0.266 e. The summed E-state index contributed by atoms with van der Waals surface area (Å²) in [5, 5.41) is 9.27. The Balaban J connectivity index is 2.54. The van der Waals surface area contributed by atoms with Crippen molar-refractivity contribution in [2.24, 2.45) is 7.05 Å². The van der Waals surface area contributed by atoms with Gasteiger partial charge in [0.25, 0.3) is 0 Å². The van der Waals surface area contributed by atoms with Gasteiger partial charge in [0, 0.05) is 25.4 Å².